The van der Waals surface area contributed by atoms with E-state index in [-0.39, 0.29) is 6.42 Å². The van der Waals surface area contributed by atoms with Gasteiger partial charge in [0.1, 0.15) is 6.10 Å². The second kappa shape index (κ2) is 4.51. The van der Waals surface area contributed by atoms with Crippen LogP contribution in [0.1, 0.15) is 12.0 Å². The van der Waals surface area contributed by atoms with Crippen LogP contribution in [0.2, 0.25) is 0 Å². The van der Waals surface area contributed by atoms with E-state index in [1.807, 2.05) is 0 Å². The van der Waals surface area contributed by atoms with Crippen LogP contribution in [0.3, 0.4) is 0 Å². The van der Waals surface area contributed by atoms with Crippen LogP contribution in [-0.4, -0.2) is 17.1 Å². The number of rotatable bonds is 4. The SMILES string of the molecule is [CH2]CC(O)C(F)(F)Cc1ccccc1. The van der Waals surface area contributed by atoms with Crippen molar-refractivity contribution in [3.63, 3.8) is 0 Å². The summed E-state index contributed by atoms with van der Waals surface area (Å²) < 4.78 is 26.4. The third-order valence-electron chi connectivity index (χ3n) is 2.04. The van der Waals surface area contributed by atoms with Gasteiger partial charge in [-0.2, -0.15) is 0 Å². The molecule has 0 fully saturated rings. The van der Waals surface area contributed by atoms with Gasteiger partial charge in [0.25, 0.3) is 5.92 Å². The van der Waals surface area contributed by atoms with Crippen LogP contribution in [0, 0.1) is 6.92 Å². The van der Waals surface area contributed by atoms with Crippen LogP contribution in [-0.2, 0) is 6.42 Å². The monoisotopic (exact) mass is 199 g/mol. The van der Waals surface area contributed by atoms with Gasteiger partial charge >= 0.3 is 0 Å². The first-order chi connectivity index (χ1) is 6.56. The average molecular weight is 199 g/mol. The molecule has 1 unspecified atom stereocenters. The molecule has 1 nitrogen and oxygen atoms in total. The highest BCUT2D eigenvalue weighted by Crippen LogP contribution is 2.25. The van der Waals surface area contributed by atoms with Gasteiger partial charge in [0, 0.05) is 6.42 Å². The number of aliphatic hydroxyl groups is 1. The van der Waals surface area contributed by atoms with Crippen molar-refractivity contribution in [1.29, 1.82) is 0 Å². The molecule has 0 bridgehead atoms. The molecule has 77 valence electrons. The molecule has 0 spiro atoms. The van der Waals surface area contributed by atoms with Crippen LogP contribution in [0.15, 0.2) is 30.3 Å². The topological polar surface area (TPSA) is 20.2 Å². The minimum absolute atomic E-state index is 0.181. The second-order valence-corrected chi connectivity index (χ2v) is 3.23. The van der Waals surface area contributed by atoms with E-state index in [4.69, 9.17) is 5.11 Å². The van der Waals surface area contributed by atoms with E-state index in [2.05, 4.69) is 6.92 Å². The highest BCUT2D eigenvalue weighted by Gasteiger charge is 2.36. The maximum Gasteiger partial charge on any atom is 0.277 e. The summed E-state index contributed by atoms with van der Waals surface area (Å²) in [4.78, 5) is 0. The highest BCUT2D eigenvalue weighted by atomic mass is 19.3. The van der Waals surface area contributed by atoms with Gasteiger partial charge in [-0.25, -0.2) is 8.78 Å². The number of halogens is 2. The fraction of sp³-hybridized carbons (Fsp3) is 0.364. The summed E-state index contributed by atoms with van der Waals surface area (Å²) in [5.74, 6) is -3.09. The molecule has 0 amide bonds. The molecule has 1 rings (SSSR count). The Labute approximate surface area is 82.4 Å². The predicted molar refractivity (Wildman–Crippen MR) is 51.1 cm³/mol. The molecule has 1 aromatic rings. The number of aliphatic hydroxyl groups excluding tert-OH is 1. The lowest BCUT2D eigenvalue weighted by Gasteiger charge is -2.21. The van der Waals surface area contributed by atoms with Gasteiger partial charge in [0.2, 0.25) is 0 Å². The van der Waals surface area contributed by atoms with Crippen molar-refractivity contribution in [2.24, 2.45) is 0 Å². The van der Waals surface area contributed by atoms with E-state index < -0.39 is 18.4 Å². The Kier molecular flexibility index (Phi) is 3.58. The van der Waals surface area contributed by atoms with Gasteiger partial charge in [-0.3, -0.25) is 0 Å². The molecule has 0 heterocycles. The minimum Gasteiger partial charge on any atom is -0.387 e. The zero-order chi connectivity index (χ0) is 10.6. The molecule has 1 N–H and O–H groups in total. The van der Waals surface area contributed by atoms with Crippen molar-refractivity contribution in [2.75, 3.05) is 0 Å². The summed E-state index contributed by atoms with van der Waals surface area (Å²) in [7, 11) is 0. The fourth-order valence-corrected chi connectivity index (χ4v) is 1.20. The van der Waals surface area contributed by atoms with Gasteiger partial charge < -0.3 is 5.11 Å². The summed E-state index contributed by atoms with van der Waals surface area (Å²) in [6, 6.07) is 8.39. The molecule has 0 aliphatic rings. The molecular weight excluding hydrogens is 186 g/mol. The number of hydrogen-bond donors (Lipinski definition) is 1. The fourth-order valence-electron chi connectivity index (χ4n) is 1.20. The van der Waals surface area contributed by atoms with Gasteiger partial charge in [-0.05, 0) is 12.0 Å². The molecule has 14 heavy (non-hydrogen) atoms. The standard InChI is InChI=1S/C11H13F2O/c1-2-10(14)11(12,13)8-9-6-4-3-5-7-9/h3-7,10,14H,1-2,8H2. The van der Waals surface area contributed by atoms with Crippen molar-refractivity contribution >= 4 is 0 Å². The van der Waals surface area contributed by atoms with Crippen LogP contribution in [0.5, 0.6) is 0 Å². The Balaban J connectivity index is 2.68. The quantitative estimate of drug-likeness (QED) is 0.789. The smallest absolute Gasteiger partial charge is 0.277 e. The normalized spacial score (nSPS) is 14.0. The maximum atomic E-state index is 13.2. The van der Waals surface area contributed by atoms with E-state index >= 15 is 0 Å². The maximum absolute atomic E-state index is 13.2. The first-order valence-corrected chi connectivity index (χ1v) is 4.45. The first kappa shape index (κ1) is 11.1. The largest absolute Gasteiger partial charge is 0.387 e. The summed E-state index contributed by atoms with van der Waals surface area (Å²) in [6.07, 6.45) is -2.28. The molecule has 0 saturated heterocycles. The Morgan fingerprint density at radius 3 is 2.36 bits per heavy atom. The summed E-state index contributed by atoms with van der Waals surface area (Å²) in [5.41, 5.74) is 0.519. The third kappa shape index (κ3) is 2.77. The van der Waals surface area contributed by atoms with E-state index in [9.17, 15) is 8.78 Å². The van der Waals surface area contributed by atoms with Crippen LogP contribution < -0.4 is 0 Å². The van der Waals surface area contributed by atoms with E-state index in [1.54, 1.807) is 30.3 Å². The Bertz CT molecular complexity index is 272. The van der Waals surface area contributed by atoms with Crippen LogP contribution in [0.25, 0.3) is 0 Å². The molecular formula is C11H13F2O. The lowest BCUT2D eigenvalue weighted by molar-refractivity contribution is -0.105. The molecule has 3 heteroatoms. The molecule has 1 aromatic carbocycles. The predicted octanol–water partition coefficient (Wildman–Crippen LogP) is 2.45. The molecule has 0 aromatic heterocycles. The zero-order valence-corrected chi connectivity index (χ0v) is 7.79. The van der Waals surface area contributed by atoms with Crippen LogP contribution >= 0.6 is 0 Å². The van der Waals surface area contributed by atoms with E-state index in [0.29, 0.717) is 5.56 Å². The van der Waals surface area contributed by atoms with Gasteiger partial charge in [-0.15, -0.1) is 0 Å². The molecule has 0 aliphatic carbocycles. The summed E-state index contributed by atoms with van der Waals surface area (Å²) in [5, 5.41) is 9.03. The molecule has 0 aliphatic heterocycles. The van der Waals surface area contributed by atoms with Crippen molar-refractivity contribution < 1.29 is 13.9 Å². The Morgan fingerprint density at radius 2 is 1.86 bits per heavy atom. The second-order valence-electron chi connectivity index (χ2n) is 3.23. The minimum atomic E-state index is -3.09. The third-order valence-corrected chi connectivity index (χ3v) is 2.04. The lowest BCUT2D eigenvalue weighted by atomic mass is 10.0. The van der Waals surface area contributed by atoms with Crippen molar-refractivity contribution in [3.05, 3.63) is 42.8 Å². The first-order valence-electron chi connectivity index (χ1n) is 4.45. The Hall–Kier alpha value is -0.960. The summed E-state index contributed by atoms with van der Waals surface area (Å²) in [6.45, 7) is 3.26. The number of hydrogen-bond acceptors (Lipinski definition) is 1. The van der Waals surface area contributed by atoms with Crippen molar-refractivity contribution in [2.45, 2.75) is 24.9 Å². The summed E-state index contributed by atoms with van der Waals surface area (Å²) >= 11 is 0. The lowest BCUT2D eigenvalue weighted by Crippen LogP contribution is -2.35. The molecule has 1 radical (unpaired) electrons. The highest BCUT2D eigenvalue weighted by molar-refractivity contribution is 5.16. The Morgan fingerprint density at radius 1 is 1.29 bits per heavy atom. The van der Waals surface area contributed by atoms with Crippen molar-refractivity contribution in [1.82, 2.24) is 0 Å². The van der Waals surface area contributed by atoms with Gasteiger partial charge in [-0.1, -0.05) is 37.3 Å². The number of alkyl halides is 2. The molecule has 1 atom stereocenters. The van der Waals surface area contributed by atoms with E-state index in [0.717, 1.165) is 0 Å². The van der Waals surface area contributed by atoms with Crippen LogP contribution in [0.4, 0.5) is 8.78 Å². The van der Waals surface area contributed by atoms with E-state index in [1.165, 1.54) is 0 Å². The van der Waals surface area contributed by atoms with Crippen molar-refractivity contribution in [3.8, 4) is 0 Å². The average Bonchev–Trinajstić information content (AvgIpc) is 2.17. The zero-order valence-electron chi connectivity index (χ0n) is 7.79. The molecule has 0 saturated carbocycles. The van der Waals surface area contributed by atoms with Gasteiger partial charge in [0.05, 0.1) is 0 Å². The number of benzene rings is 1. The van der Waals surface area contributed by atoms with Gasteiger partial charge in [0.15, 0.2) is 0 Å².